The average Bonchev–Trinajstić information content (AvgIpc) is 2.64. The van der Waals surface area contributed by atoms with Crippen LogP contribution in [0.5, 0.6) is 0 Å². The average molecular weight is 426 g/mol. The molecular formula is C17H20ClN5O4S. The number of rotatable bonds is 6. The Kier molecular flexibility index (Phi) is 7.70. The van der Waals surface area contributed by atoms with E-state index < -0.39 is 17.3 Å². The van der Waals surface area contributed by atoms with Crippen molar-refractivity contribution in [1.82, 2.24) is 19.3 Å². The van der Waals surface area contributed by atoms with Crippen LogP contribution in [0.1, 0.15) is 25.8 Å². The van der Waals surface area contributed by atoms with Gasteiger partial charge >= 0.3 is 11.7 Å². The van der Waals surface area contributed by atoms with E-state index in [9.17, 15) is 19.2 Å². The number of aromatic nitrogens is 2. The molecule has 28 heavy (non-hydrogen) atoms. The van der Waals surface area contributed by atoms with E-state index in [0.717, 1.165) is 10.1 Å². The lowest BCUT2D eigenvalue weighted by Crippen LogP contribution is -2.43. The minimum Gasteiger partial charge on any atom is -0.286 e. The quantitative estimate of drug-likeness (QED) is 0.481. The second-order valence-corrected chi connectivity index (χ2v) is 7.21. The number of benzene rings is 1. The number of carbonyl (C=O) groups is 2. The molecule has 0 aliphatic rings. The molecule has 0 saturated heterocycles. The van der Waals surface area contributed by atoms with Gasteiger partial charge in [0.1, 0.15) is 5.82 Å². The third-order valence-corrected chi connectivity index (χ3v) is 4.36. The first-order valence-corrected chi connectivity index (χ1v) is 9.59. The summed E-state index contributed by atoms with van der Waals surface area (Å²) in [5.41, 5.74) is 4.58. The van der Waals surface area contributed by atoms with Crippen molar-refractivity contribution >= 4 is 40.5 Å². The van der Waals surface area contributed by atoms with Gasteiger partial charge in [-0.1, -0.05) is 30.7 Å². The molecule has 2 rings (SSSR count). The minimum atomic E-state index is -0.709. The van der Waals surface area contributed by atoms with Crippen LogP contribution in [0.4, 0.5) is 10.6 Å². The lowest BCUT2D eigenvalue weighted by atomic mass is 10.2. The van der Waals surface area contributed by atoms with Crippen LogP contribution in [0.15, 0.2) is 39.9 Å². The van der Waals surface area contributed by atoms with E-state index in [1.54, 1.807) is 24.3 Å². The molecule has 0 unspecified atom stereocenters. The Morgan fingerprint density at radius 3 is 2.57 bits per heavy atom. The van der Waals surface area contributed by atoms with Crippen molar-refractivity contribution in [1.29, 1.82) is 0 Å². The normalized spacial score (nSPS) is 10.4. The second kappa shape index (κ2) is 10.00. The molecular weight excluding hydrogens is 406 g/mol. The third-order valence-electron chi connectivity index (χ3n) is 3.55. The van der Waals surface area contributed by atoms with Crippen molar-refractivity contribution in [2.75, 3.05) is 5.43 Å². The summed E-state index contributed by atoms with van der Waals surface area (Å²) in [4.78, 5) is 47.7. The van der Waals surface area contributed by atoms with Crippen LogP contribution < -0.4 is 26.8 Å². The van der Waals surface area contributed by atoms with Crippen molar-refractivity contribution in [2.45, 2.75) is 33.4 Å². The molecule has 150 valence electrons. The Morgan fingerprint density at radius 2 is 1.93 bits per heavy atom. The Hall–Kier alpha value is -2.72. The lowest BCUT2D eigenvalue weighted by Gasteiger charge is -2.17. The van der Waals surface area contributed by atoms with Crippen molar-refractivity contribution in [3.8, 4) is 0 Å². The number of amides is 2. The van der Waals surface area contributed by atoms with Crippen molar-refractivity contribution in [3.63, 3.8) is 0 Å². The summed E-state index contributed by atoms with van der Waals surface area (Å²) >= 11 is 6.61. The summed E-state index contributed by atoms with van der Waals surface area (Å²) in [6.07, 6.45) is 0.613. The van der Waals surface area contributed by atoms with Crippen LogP contribution in [0.3, 0.4) is 0 Å². The zero-order chi connectivity index (χ0) is 20.7. The van der Waals surface area contributed by atoms with E-state index in [4.69, 9.17) is 11.6 Å². The van der Waals surface area contributed by atoms with Crippen molar-refractivity contribution in [2.24, 2.45) is 0 Å². The molecule has 1 aromatic heterocycles. The fourth-order valence-corrected chi connectivity index (χ4v) is 2.88. The number of urea groups is 1. The van der Waals surface area contributed by atoms with E-state index in [2.05, 4.69) is 15.6 Å². The van der Waals surface area contributed by atoms with E-state index in [-0.39, 0.29) is 24.0 Å². The van der Waals surface area contributed by atoms with Gasteiger partial charge in [-0.15, -0.1) is 0 Å². The Labute approximate surface area is 170 Å². The highest BCUT2D eigenvalue weighted by atomic mass is 35.5. The van der Waals surface area contributed by atoms with Crippen LogP contribution >= 0.6 is 23.5 Å². The Bertz CT molecular complexity index is 988. The summed E-state index contributed by atoms with van der Waals surface area (Å²) in [6, 6.07) is 7.48. The van der Waals surface area contributed by atoms with Gasteiger partial charge in [-0.25, -0.2) is 15.0 Å². The Morgan fingerprint density at radius 1 is 1.18 bits per heavy atom. The SMILES string of the molecule is CCCn1c(=O)cc(NNC(=O)NSC(C)=O)n(Cc2cccc(Cl)c2)c1=O. The molecule has 0 fully saturated rings. The van der Waals surface area contributed by atoms with Crippen LogP contribution in [-0.4, -0.2) is 20.3 Å². The zero-order valence-electron chi connectivity index (χ0n) is 15.3. The van der Waals surface area contributed by atoms with Crippen LogP contribution in [-0.2, 0) is 17.9 Å². The summed E-state index contributed by atoms with van der Waals surface area (Å²) in [5.74, 6) is 0.102. The lowest BCUT2D eigenvalue weighted by molar-refractivity contribution is -0.109. The summed E-state index contributed by atoms with van der Waals surface area (Å²) in [7, 11) is 0. The largest absolute Gasteiger partial charge is 0.343 e. The number of hydrogen-bond acceptors (Lipinski definition) is 6. The number of halogens is 1. The van der Waals surface area contributed by atoms with Gasteiger partial charge in [-0.2, -0.15) is 0 Å². The molecule has 0 atom stereocenters. The maximum absolute atomic E-state index is 12.8. The molecule has 2 aromatic rings. The number of hydrogen-bond donors (Lipinski definition) is 3. The van der Waals surface area contributed by atoms with Gasteiger partial charge in [0.2, 0.25) is 5.12 Å². The third kappa shape index (κ3) is 5.89. The van der Waals surface area contributed by atoms with Crippen LogP contribution in [0.25, 0.3) is 0 Å². The van der Waals surface area contributed by atoms with Gasteiger partial charge in [0, 0.05) is 36.5 Å². The maximum atomic E-state index is 12.8. The van der Waals surface area contributed by atoms with Crippen LogP contribution in [0, 0.1) is 0 Å². The standard InChI is InChI=1S/C17H20ClN5O4S/c1-3-7-22-15(25)9-14(19-20-16(26)21-28-11(2)24)23(17(22)27)10-12-5-4-6-13(18)8-12/h4-6,8-9,19H,3,7,10H2,1-2H3,(H2,20,21,26). The molecule has 0 aliphatic carbocycles. The number of anilines is 1. The molecule has 3 N–H and O–H groups in total. The van der Waals surface area contributed by atoms with Gasteiger partial charge in [-0.3, -0.25) is 28.9 Å². The van der Waals surface area contributed by atoms with Gasteiger partial charge in [0.05, 0.1) is 6.54 Å². The highest BCUT2D eigenvalue weighted by Crippen LogP contribution is 2.13. The topological polar surface area (TPSA) is 114 Å². The van der Waals surface area contributed by atoms with Crippen LogP contribution in [0.2, 0.25) is 5.02 Å². The first-order valence-electron chi connectivity index (χ1n) is 8.40. The molecule has 0 spiro atoms. The monoisotopic (exact) mass is 425 g/mol. The number of nitrogens with zero attached hydrogens (tertiary/aromatic N) is 2. The molecule has 11 heteroatoms. The molecule has 1 heterocycles. The first-order chi connectivity index (χ1) is 13.3. The fourth-order valence-electron chi connectivity index (χ4n) is 2.38. The van der Waals surface area contributed by atoms with Gasteiger partial charge in [0.25, 0.3) is 5.56 Å². The van der Waals surface area contributed by atoms with E-state index in [1.165, 1.54) is 17.6 Å². The maximum Gasteiger partial charge on any atom is 0.343 e. The minimum absolute atomic E-state index is 0.102. The predicted octanol–water partition coefficient (Wildman–Crippen LogP) is 1.94. The second-order valence-electron chi connectivity index (χ2n) is 5.79. The van der Waals surface area contributed by atoms with Gasteiger partial charge in [-0.05, 0) is 24.1 Å². The summed E-state index contributed by atoms with van der Waals surface area (Å²) in [5, 5.41) is 0.218. The molecule has 9 nitrogen and oxygen atoms in total. The molecule has 0 saturated carbocycles. The molecule has 1 aromatic carbocycles. The number of nitrogens with one attached hydrogen (secondary N) is 3. The highest BCUT2D eigenvalue weighted by Gasteiger charge is 2.13. The van der Waals surface area contributed by atoms with E-state index >= 15 is 0 Å². The summed E-state index contributed by atoms with van der Waals surface area (Å²) < 4.78 is 4.70. The van der Waals surface area contributed by atoms with E-state index in [1.807, 2.05) is 6.92 Å². The first kappa shape index (κ1) is 21.6. The van der Waals surface area contributed by atoms with Crippen molar-refractivity contribution < 1.29 is 9.59 Å². The molecule has 0 aliphatic heterocycles. The van der Waals surface area contributed by atoms with Gasteiger partial charge in [0.15, 0.2) is 0 Å². The molecule has 0 bridgehead atoms. The highest BCUT2D eigenvalue weighted by molar-refractivity contribution is 8.12. The van der Waals surface area contributed by atoms with Gasteiger partial charge < -0.3 is 0 Å². The smallest absolute Gasteiger partial charge is 0.286 e. The zero-order valence-corrected chi connectivity index (χ0v) is 16.9. The van der Waals surface area contributed by atoms with E-state index in [0.29, 0.717) is 23.4 Å². The molecule has 2 amide bonds. The number of carbonyl (C=O) groups excluding carboxylic acids is 2. The molecule has 0 radical (unpaired) electrons. The predicted molar refractivity (Wildman–Crippen MR) is 109 cm³/mol. The summed E-state index contributed by atoms with van der Waals surface area (Å²) in [6.45, 7) is 3.57. The Balaban J connectivity index is 2.34. The van der Waals surface area contributed by atoms with Crippen molar-refractivity contribution in [3.05, 3.63) is 61.8 Å². The fraction of sp³-hybridized carbons (Fsp3) is 0.294. The number of hydrazine groups is 1.